The van der Waals surface area contributed by atoms with Gasteiger partial charge in [0.1, 0.15) is 5.76 Å². The van der Waals surface area contributed by atoms with Crippen molar-refractivity contribution in [3.05, 3.63) is 46.5 Å². The zero-order valence-electron chi connectivity index (χ0n) is 14.7. The second-order valence-electron chi connectivity index (χ2n) is 7.41. The summed E-state index contributed by atoms with van der Waals surface area (Å²) >= 11 is 1.76. The average molecular weight is 349 g/mol. The van der Waals surface area contributed by atoms with E-state index in [1.165, 1.54) is 5.56 Å². The van der Waals surface area contributed by atoms with E-state index in [1.807, 2.05) is 6.07 Å². The standard InChI is InChI=1S/C19H28N2O2S/c1-19(2,15-20-6-9-22-10-7-20)16-21(12-17-5-11-24-14-17)13-18-4-3-8-23-18/h3-5,8,11,14H,6-7,9-10,12-13,15-16H2,1-2H3. The van der Waals surface area contributed by atoms with Gasteiger partial charge in [-0.05, 0) is 39.9 Å². The summed E-state index contributed by atoms with van der Waals surface area (Å²) in [6, 6.07) is 6.25. The molecule has 1 saturated heterocycles. The van der Waals surface area contributed by atoms with Crippen molar-refractivity contribution in [2.45, 2.75) is 26.9 Å². The minimum atomic E-state index is 0.222. The molecule has 0 bridgehead atoms. The van der Waals surface area contributed by atoms with Crippen LogP contribution in [0.1, 0.15) is 25.2 Å². The molecule has 3 heterocycles. The molecule has 0 saturated carbocycles. The second-order valence-corrected chi connectivity index (χ2v) is 8.19. The highest BCUT2D eigenvalue weighted by molar-refractivity contribution is 7.07. The van der Waals surface area contributed by atoms with Crippen LogP contribution in [0.3, 0.4) is 0 Å². The largest absolute Gasteiger partial charge is 0.468 e. The minimum Gasteiger partial charge on any atom is -0.468 e. The fourth-order valence-corrected chi connectivity index (χ4v) is 4.11. The molecule has 4 nitrogen and oxygen atoms in total. The first-order valence-electron chi connectivity index (χ1n) is 8.67. The summed E-state index contributed by atoms with van der Waals surface area (Å²) in [5.74, 6) is 1.03. The van der Waals surface area contributed by atoms with E-state index in [-0.39, 0.29) is 5.41 Å². The molecule has 1 fully saturated rings. The Morgan fingerprint density at radius 3 is 2.71 bits per heavy atom. The lowest BCUT2D eigenvalue weighted by Gasteiger charge is -2.38. The third-order valence-electron chi connectivity index (χ3n) is 4.35. The highest BCUT2D eigenvalue weighted by Crippen LogP contribution is 2.23. The topological polar surface area (TPSA) is 28.9 Å². The van der Waals surface area contributed by atoms with E-state index in [0.29, 0.717) is 0 Å². The van der Waals surface area contributed by atoms with E-state index < -0.39 is 0 Å². The van der Waals surface area contributed by atoms with Crippen molar-refractivity contribution < 1.29 is 9.15 Å². The Bertz CT molecular complexity index is 538. The lowest BCUT2D eigenvalue weighted by Crippen LogP contribution is -2.45. The predicted molar refractivity (Wildman–Crippen MR) is 98.2 cm³/mol. The SMILES string of the molecule is CC(C)(CN1CCOCC1)CN(Cc1ccsc1)Cc1ccco1. The summed E-state index contributed by atoms with van der Waals surface area (Å²) in [6.45, 7) is 12.5. The number of hydrogen-bond donors (Lipinski definition) is 0. The number of nitrogens with zero attached hydrogens (tertiary/aromatic N) is 2. The van der Waals surface area contributed by atoms with Crippen molar-refractivity contribution in [2.75, 3.05) is 39.4 Å². The van der Waals surface area contributed by atoms with Crippen LogP contribution in [-0.2, 0) is 17.8 Å². The third kappa shape index (κ3) is 5.45. The maximum absolute atomic E-state index is 5.58. The average Bonchev–Trinajstić information content (AvgIpc) is 3.21. The van der Waals surface area contributed by atoms with Crippen LogP contribution in [0.25, 0.3) is 0 Å². The number of furan rings is 1. The molecule has 0 N–H and O–H groups in total. The first-order valence-corrected chi connectivity index (χ1v) is 9.61. The smallest absolute Gasteiger partial charge is 0.117 e. The minimum absolute atomic E-state index is 0.222. The lowest BCUT2D eigenvalue weighted by molar-refractivity contribution is 0.0135. The van der Waals surface area contributed by atoms with Crippen molar-refractivity contribution in [3.63, 3.8) is 0 Å². The van der Waals surface area contributed by atoms with E-state index in [9.17, 15) is 0 Å². The predicted octanol–water partition coefficient (Wildman–Crippen LogP) is 3.70. The van der Waals surface area contributed by atoms with Crippen molar-refractivity contribution in [1.82, 2.24) is 9.80 Å². The Morgan fingerprint density at radius 1 is 1.21 bits per heavy atom. The molecule has 0 atom stereocenters. The van der Waals surface area contributed by atoms with E-state index in [4.69, 9.17) is 9.15 Å². The maximum atomic E-state index is 5.58. The molecule has 1 aliphatic rings. The first-order chi connectivity index (χ1) is 11.6. The number of morpholine rings is 1. The highest BCUT2D eigenvalue weighted by atomic mass is 32.1. The van der Waals surface area contributed by atoms with Gasteiger partial charge >= 0.3 is 0 Å². The molecule has 132 valence electrons. The molecule has 3 rings (SSSR count). The fourth-order valence-electron chi connectivity index (χ4n) is 3.45. The highest BCUT2D eigenvalue weighted by Gasteiger charge is 2.26. The molecule has 0 spiro atoms. The van der Waals surface area contributed by atoms with Gasteiger partial charge < -0.3 is 9.15 Å². The zero-order chi connectivity index (χ0) is 16.8. The molecule has 24 heavy (non-hydrogen) atoms. The third-order valence-corrected chi connectivity index (χ3v) is 5.08. The van der Waals surface area contributed by atoms with Gasteiger partial charge in [-0.1, -0.05) is 13.8 Å². The van der Waals surface area contributed by atoms with Gasteiger partial charge in [0.05, 0.1) is 26.0 Å². The van der Waals surface area contributed by atoms with Crippen LogP contribution in [-0.4, -0.2) is 49.2 Å². The van der Waals surface area contributed by atoms with Crippen LogP contribution in [0.15, 0.2) is 39.6 Å². The van der Waals surface area contributed by atoms with Crippen LogP contribution < -0.4 is 0 Å². The summed E-state index contributed by atoms with van der Waals surface area (Å²) in [6.07, 6.45) is 1.76. The Balaban J connectivity index is 1.62. The number of thiophene rings is 1. The normalized spacial score (nSPS) is 16.8. The molecule has 5 heteroatoms. The summed E-state index contributed by atoms with van der Waals surface area (Å²) in [5, 5.41) is 4.39. The molecule has 1 aliphatic heterocycles. The van der Waals surface area contributed by atoms with Crippen molar-refractivity contribution in [1.29, 1.82) is 0 Å². The first kappa shape index (κ1) is 17.7. The summed E-state index contributed by atoms with van der Waals surface area (Å²) in [4.78, 5) is 5.03. The summed E-state index contributed by atoms with van der Waals surface area (Å²) < 4.78 is 11.1. The van der Waals surface area contributed by atoms with Crippen LogP contribution >= 0.6 is 11.3 Å². The van der Waals surface area contributed by atoms with Crippen LogP contribution in [0.2, 0.25) is 0 Å². The van der Waals surface area contributed by atoms with Gasteiger partial charge in [-0.2, -0.15) is 11.3 Å². The maximum Gasteiger partial charge on any atom is 0.117 e. The Labute approximate surface area is 149 Å². The van der Waals surface area contributed by atoms with E-state index >= 15 is 0 Å². The van der Waals surface area contributed by atoms with Gasteiger partial charge in [-0.3, -0.25) is 9.80 Å². The van der Waals surface area contributed by atoms with Gasteiger partial charge in [0.15, 0.2) is 0 Å². The number of hydrogen-bond acceptors (Lipinski definition) is 5. The van der Waals surface area contributed by atoms with Gasteiger partial charge in [-0.15, -0.1) is 0 Å². The Morgan fingerprint density at radius 2 is 2.04 bits per heavy atom. The molecule has 2 aromatic rings. The quantitative estimate of drug-likeness (QED) is 0.727. The van der Waals surface area contributed by atoms with Gasteiger partial charge in [0.2, 0.25) is 0 Å². The molecule has 0 aliphatic carbocycles. The monoisotopic (exact) mass is 348 g/mol. The zero-order valence-corrected chi connectivity index (χ0v) is 15.6. The summed E-state index contributed by atoms with van der Waals surface area (Å²) in [7, 11) is 0. The summed E-state index contributed by atoms with van der Waals surface area (Å²) in [5.41, 5.74) is 1.61. The van der Waals surface area contributed by atoms with Crippen molar-refractivity contribution in [2.24, 2.45) is 5.41 Å². The van der Waals surface area contributed by atoms with Crippen LogP contribution in [0.5, 0.6) is 0 Å². The van der Waals surface area contributed by atoms with Crippen LogP contribution in [0, 0.1) is 5.41 Å². The van der Waals surface area contributed by atoms with Crippen molar-refractivity contribution in [3.8, 4) is 0 Å². The lowest BCUT2D eigenvalue weighted by atomic mass is 9.91. The molecule has 0 amide bonds. The molecule has 0 radical (unpaired) electrons. The van der Waals surface area contributed by atoms with Gasteiger partial charge in [0.25, 0.3) is 0 Å². The van der Waals surface area contributed by atoms with Gasteiger partial charge in [0, 0.05) is 32.7 Å². The molecule has 2 aromatic heterocycles. The molecular weight excluding hydrogens is 320 g/mol. The fraction of sp³-hybridized carbons (Fsp3) is 0.579. The van der Waals surface area contributed by atoms with E-state index in [1.54, 1.807) is 17.6 Å². The second kappa shape index (κ2) is 8.30. The number of rotatable bonds is 8. The Kier molecular flexibility index (Phi) is 6.11. The molecular formula is C19H28N2O2S. The van der Waals surface area contributed by atoms with Crippen molar-refractivity contribution >= 4 is 11.3 Å². The van der Waals surface area contributed by atoms with E-state index in [0.717, 1.165) is 58.2 Å². The Hall–Kier alpha value is -1.14. The van der Waals surface area contributed by atoms with E-state index in [2.05, 4.69) is 46.5 Å². The van der Waals surface area contributed by atoms with Gasteiger partial charge in [-0.25, -0.2) is 0 Å². The molecule has 0 unspecified atom stereocenters. The molecule has 0 aromatic carbocycles. The van der Waals surface area contributed by atoms with Crippen LogP contribution in [0.4, 0.5) is 0 Å². The number of ether oxygens (including phenoxy) is 1.